The predicted molar refractivity (Wildman–Crippen MR) is 96.9 cm³/mol. The summed E-state index contributed by atoms with van der Waals surface area (Å²) >= 11 is 1.43. The van der Waals surface area contributed by atoms with Crippen LogP contribution in [0.2, 0.25) is 0 Å². The van der Waals surface area contributed by atoms with E-state index in [0.717, 1.165) is 9.88 Å². The number of piperazine rings is 1. The van der Waals surface area contributed by atoms with E-state index in [-0.39, 0.29) is 24.8 Å². The summed E-state index contributed by atoms with van der Waals surface area (Å²) in [7, 11) is 3.84. The van der Waals surface area contributed by atoms with Gasteiger partial charge in [-0.25, -0.2) is 0 Å². The molecule has 0 spiro atoms. The minimum atomic E-state index is -0.833. The SMILES string of the molecule is CN(C)C/C=C/C(=O)N1CCN(c2ccc(CCC(=O)O)s2)C(=O)C1. The molecule has 1 aliphatic rings. The molecule has 0 radical (unpaired) electrons. The van der Waals surface area contributed by atoms with E-state index in [4.69, 9.17) is 5.11 Å². The predicted octanol–water partition coefficient (Wildman–Crippen LogP) is 1.06. The van der Waals surface area contributed by atoms with Gasteiger partial charge in [0.1, 0.15) is 6.54 Å². The van der Waals surface area contributed by atoms with E-state index >= 15 is 0 Å². The minimum Gasteiger partial charge on any atom is -0.481 e. The Kier molecular flexibility index (Phi) is 6.72. The van der Waals surface area contributed by atoms with Crippen LogP contribution < -0.4 is 4.90 Å². The van der Waals surface area contributed by atoms with E-state index in [1.165, 1.54) is 17.4 Å². The first kappa shape index (κ1) is 19.1. The Morgan fingerprint density at radius 1 is 1.32 bits per heavy atom. The number of carboxylic acids is 1. The number of nitrogens with zero attached hydrogens (tertiary/aromatic N) is 3. The largest absolute Gasteiger partial charge is 0.481 e. The number of anilines is 1. The van der Waals surface area contributed by atoms with Gasteiger partial charge >= 0.3 is 5.97 Å². The van der Waals surface area contributed by atoms with Crippen LogP contribution in [0.5, 0.6) is 0 Å². The number of thiophene rings is 1. The first-order valence-corrected chi connectivity index (χ1v) is 8.89. The van der Waals surface area contributed by atoms with Crippen molar-refractivity contribution in [2.24, 2.45) is 0 Å². The molecule has 7 nitrogen and oxygen atoms in total. The van der Waals surface area contributed by atoms with Crippen LogP contribution in [-0.4, -0.2) is 73.0 Å². The Bertz CT molecular complexity index is 669. The zero-order chi connectivity index (χ0) is 18.4. The lowest BCUT2D eigenvalue weighted by Crippen LogP contribution is -2.51. The number of carbonyl (C=O) groups excluding carboxylic acids is 2. The highest BCUT2D eigenvalue weighted by atomic mass is 32.1. The number of hydrogen-bond donors (Lipinski definition) is 1. The van der Waals surface area contributed by atoms with E-state index < -0.39 is 5.97 Å². The van der Waals surface area contributed by atoms with Gasteiger partial charge in [0.25, 0.3) is 0 Å². The van der Waals surface area contributed by atoms with Gasteiger partial charge in [-0.2, -0.15) is 0 Å². The molecular weight excluding hydrogens is 342 g/mol. The monoisotopic (exact) mass is 365 g/mol. The van der Waals surface area contributed by atoms with Gasteiger partial charge in [0.05, 0.1) is 11.4 Å². The highest BCUT2D eigenvalue weighted by Crippen LogP contribution is 2.28. The van der Waals surface area contributed by atoms with Crippen LogP contribution in [0.15, 0.2) is 24.3 Å². The number of likely N-dealkylation sites (N-methyl/N-ethyl adjacent to an activating group) is 1. The van der Waals surface area contributed by atoms with Crippen molar-refractivity contribution in [3.05, 3.63) is 29.2 Å². The molecule has 1 saturated heterocycles. The molecule has 1 aromatic heterocycles. The van der Waals surface area contributed by atoms with Crippen LogP contribution in [0, 0.1) is 0 Å². The molecule has 0 aromatic carbocycles. The number of hydrogen-bond acceptors (Lipinski definition) is 5. The maximum Gasteiger partial charge on any atom is 0.303 e. The highest BCUT2D eigenvalue weighted by molar-refractivity contribution is 7.16. The third-order valence-corrected chi connectivity index (χ3v) is 4.93. The maximum atomic E-state index is 12.4. The third-order valence-electron chi connectivity index (χ3n) is 3.76. The van der Waals surface area contributed by atoms with Gasteiger partial charge in [-0.1, -0.05) is 6.08 Å². The fourth-order valence-electron chi connectivity index (χ4n) is 2.44. The molecule has 2 rings (SSSR count). The number of amides is 2. The van der Waals surface area contributed by atoms with Crippen molar-refractivity contribution in [1.29, 1.82) is 0 Å². The lowest BCUT2D eigenvalue weighted by Gasteiger charge is -2.33. The lowest BCUT2D eigenvalue weighted by molar-refractivity contribution is -0.137. The van der Waals surface area contributed by atoms with Gasteiger partial charge in [-0.05, 0) is 32.6 Å². The standard InChI is InChI=1S/C17H23N3O4S/c1-18(2)9-3-4-14(21)19-10-11-20(15(22)12-19)16-7-5-13(25-16)6-8-17(23)24/h3-5,7H,6,8-12H2,1-2H3,(H,23,24)/b4-3+. The van der Waals surface area contributed by atoms with Gasteiger partial charge < -0.3 is 19.8 Å². The van der Waals surface area contributed by atoms with Crippen LogP contribution in [0.25, 0.3) is 0 Å². The van der Waals surface area contributed by atoms with Crippen molar-refractivity contribution < 1.29 is 19.5 Å². The van der Waals surface area contributed by atoms with Gasteiger partial charge in [-0.15, -0.1) is 11.3 Å². The molecular formula is C17H23N3O4S. The van der Waals surface area contributed by atoms with Crippen molar-refractivity contribution >= 4 is 34.1 Å². The first-order chi connectivity index (χ1) is 11.9. The maximum absolute atomic E-state index is 12.4. The topological polar surface area (TPSA) is 81.2 Å². The number of carbonyl (C=O) groups is 3. The first-order valence-electron chi connectivity index (χ1n) is 8.08. The molecule has 0 atom stereocenters. The molecule has 0 unspecified atom stereocenters. The zero-order valence-electron chi connectivity index (χ0n) is 14.5. The second kappa shape index (κ2) is 8.77. The van der Waals surface area contributed by atoms with Gasteiger partial charge in [-0.3, -0.25) is 14.4 Å². The smallest absolute Gasteiger partial charge is 0.303 e. The quantitative estimate of drug-likeness (QED) is 0.731. The number of carboxylic acid groups (broad SMARTS) is 1. The van der Waals surface area contributed by atoms with Crippen molar-refractivity contribution in [3.63, 3.8) is 0 Å². The number of aryl methyl sites for hydroxylation is 1. The normalized spacial score (nSPS) is 15.4. The lowest BCUT2D eigenvalue weighted by atomic mass is 10.2. The summed E-state index contributed by atoms with van der Waals surface area (Å²) in [6, 6.07) is 3.70. The van der Waals surface area contributed by atoms with E-state index in [0.29, 0.717) is 26.1 Å². The summed E-state index contributed by atoms with van der Waals surface area (Å²) in [6.45, 7) is 1.67. The fraction of sp³-hybridized carbons (Fsp3) is 0.471. The van der Waals surface area contributed by atoms with Crippen LogP contribution in [0.3, 0.4) is 0 Å². The average molecular weight is 365 g/mol. The fourth-order valence-corrected chi connectivity index (χ4v) is 3.49. The second-order valence-electron chi connectivity index (χ2n) is 6.10. The molecule has 0 aliphatic carbocycles. The van der Waals surface area contributed by atoms with Crippen LogP contribution in [0.4, 0.5) is 5.00 Å². The molecule has 0 bridgehead atoms. The molecule has 1 N–H and O–H groups in total. The summed E-state index contributed by atoms with van der Waals surface area (Å²) in [5.41, 5.74) is 0. The van der Waals surface area contributed by atoms with Gasteiger partial charge in [0, 0.05) is 30.6 Å². The van der Waals surface area contributed by atoms with E-state index in [2.05, 4.69) is 0 Å². The Morgan fingerprint density at radius 2 is 2.08 bits per heavy atom. The Hall–Kier alpha value is -2.19. The van der Waals surface area contributed by atoms with E-state index in [1.54, 1.807) is 15.9 Å². The summed E-state index contributed by atoms with van der Waals surface area (Å²) in [4.78, 5) is 41.2. The highest BCUT2D eigenvalue weighted by Gasteiger charge is 2.27. The molecule has 25 heavy (non-hydrogen) atoms. The summed E-state index contributed by atoms with van der Waals surface area (Å²) in [5.74, 6) is -1.10. The summed E-state index contributed by atoms with van der Waals surface area (Å²) in [5, 5.41) is 9.55. The zero-order valence-corrected chi connectivity index (χ0v) is 15.3. The van der Waals surface area contributed by atoms with Crippen molar-refractivity contribution in [2.45, 2.75) is 12.8 Å². The Morgan fingerprint density at radius 3 is 2.72 bits per heavy atom. The van der Waals surface area contributed by atoms with Crippen molar-refractivity contribution in [2.75, 3.05) is 45.2 Å². The van der Waals surface area contributed by atoms with Crippen LogP contribution in [0.1, 0.15) is 11.3 Å². The second-order valence-corrected chi connectivity index (χ2v) is 7.25. The molecule has 2 heterocycles. The molecule has 136 valence electrons. The van der Waals surface area contributed by atoms with Crippen molar-refractivity contribution in [1.82, 2.24) is 9.80 Å². The third kappa shape index (κ3) is 5.68. The van der Waals surface area contributed by atoms with E-state index in [9.17, 15) is 14.4 Å². The molecule has 2 amide bonds. The summed E-state index contributed by atoms with van der Waals surface area (Å²) in [6.07, 6.45) is 3.84. The molecule has 8 heteroatoms. The Labute approximate surface area is 151 Å². The molecule has 0 saturated carbocycles. The molecule has 1 aromatic rings. The molecule has 1 aliphatic heterocycles. The van der Waals surface area contributed by atoms with Gasteiger partial charge in [0.2, 0.25) is 11.8 Å². The minimum absolute atomic E-state index is 0.0630. The van der Waals surface area contributed by atoms with Gasteiger partial charge in [0.15, 0.2) is 0 Å². The van der Waals surface area contributed by atoms with Crippen molar-refractivity contribution in [3.8, 4) is 0 Å². The van der Waals surface area contributed by atoms with E-state index in [1.807, 2.05) is 31.1 Å². The Balaban J connectivity index is 1.91. The van der Waals surface area contributed by atoms with Crippen LogP contribution in [-0.2, 0) is 20.8 Å². The summed E-state index contributed by atoms with van der Waals surface area (Å²) < 4.78 is 0. The molecule has 1 fully saturated rings. The van der Waals surface area contributed by atoms with Crippen LogP contribution >= 0.6 is 11.3 Å². The number of rotatable bonds is 7. The average Bonchev–Trinajstić information content (AvgIpc) is 3.01. The number of aliphatic carboxylic acids is 1.